The van der Waals surface area contributed by atoms with E-state index in [1.54, 1.807) is 6.92 Å². The fourth-order valence-corrected chi connectivity index (χ4v) is 4.67. The number of carbonyl (C=O) groups excluding carboxylic acids is 2. The maximum absolute atomic E-state index is 14.2. The Kier molecular flexibility index (Phi) is 8.53. The van der Waals surface area contributed by atoms with Gasteiger partial charge >= 0.3 is 6.01 Å². The summed E-state index contributed by atoms with van der Waals surface area (Å²) >= 11 is 0. The molecular weight excluding hydrogens is 494 g/mol. The van der Waals surface area contributed by atoms with Crippen LogP contribution in [-0.2, 0) is 9.59 Å². The monoisotopic (exact) mass is 528 g/mol. The summed E-state index contributed by atoms with van der Waals surface area (Å²) in [4.78, 5) is 37.0. The van der Waals surface area contributed by atoms with Crippen LogP contribution in [0.4, 0.5) is 14.8 Å². The van der Waals surface area contributed by atoms with Gasteiger partial charge < -0.3 is 20.1 Å². The molecule has 0 unspecified atom stereocenters. The number of amides is 2. The maximum atomic E-state index is 14.2. The Morgan fingerprint density at radius 2 is 2.00 bits per heavy atom. The van der Waals surface area contributed by atoms with Crippen LogP contribution < -0.4 is 10.6 Å². The van der Waals surface area contributed by atoms with Crippen LogP contribution in [0.3, 0.4) is 0 Å². The van der Waals surface area contributed by atoms with E-state index in [1.165, 1.54) is 18.3 Å². The Morgan fingerprint density at radius 3 is 2.68 bits per heavy atom. The molecule has 0 spiro atoms. The van der Waals surface area contributed by atoms with Crippen molar-refractivity contribution in [1.29, 1.82) is 0 Å². The minimum atomic E-state index is -0.955. The summed E-state index contributed by atoms with van der Waals surface area (Å²) in [5, 5.41) is 9.78. The van der Waals surface area contributed by atoms with E-state index in [0.29, 0.717) is 30.1 Å². The molecule has 38 heavy (non-hydrogen) atoms. The molecule has 1 saturated heterocycles. The number of aromatic nitrogens is 2. The van der Waals surface area contributed by atoms with Gasteiger partial charge in [0.1, 0.15) is 17.7 Å². The molecule has 11 heteroatoms. The third-order valence-corrected chi connectivity index (χ3v) is 6.97. The molecule has 204 valence electrons. The molecule has 0 bridgehead atoms. The molecule has 0 saturated carbocycles. The van der Waals surface area contributed by atoms with Gasteiger partial charge in [-0.2, -0.15) is 4.98 Å². The van der Waals surface area contributed by atoms with Crippen molar-refractivity contribution in [3.05, 3.63) is 47.4 Å². The van der Waals surface area contributed by atoms with Crippen LogP contribution in [-0.4, -0.2) is 57.2 Å². The predicted octanol–water partition coefficient (Wildman–Crippen LogP) is 4.43. The number of rotatable bonds is 9. The fraction of sp³-hybridized carbons (Fsp3) is 0.519. The first-order valence-electron chi connectivity index (χ1n) is 13.0. The van der Waals surface area contributed by atoms with E-state index in [-0.39, 0.29) is 35.9 Å². The Morgan fingerprint density at radius 1 is 1.21 bits per heavy atom. The van der Waals surface area contributed by atoms with Gasteiger partial charge in [0.25, 0.3) is 0 Å². The van der Waals surface area contributed by atoms with Crippen LogP contribution in [0, 0.1) is 11.6 Å². The third kappa shape index (κ3) is 6.43. The number of piperidine rings is 1. The van der Waals surface area contributed by atoms with Gasteiger partial charge in [-0.3, -0.25) is 14.6 Å². The second-order valence-corrected chi connectivity index (χ2v) is 10.3. The molecular formula is C27H34F2N6O3. The fourth-order valence-electron chi connectivity index (χ4n) is 4.67. The van der Waals surface area contributed by atoms with Crippen molar-refractivity contribution in [1.82, 2.24) is 20.4 Å². The van der Waals surface area contributed by atoms with Crippen LogP contribution in [0.2, 0.25) is 0 Å². The molecule has 2 amide bonds. The second kappa shape index (κ2) is 11.8. The lowest BCUT2D eigenvalue weighted by atomic mass is 9.99. The van der Waals surface area contributed by atoms with E-state index in [4.69, 9.17) is 4.52 Å². The molecule has 3 atom stereocenters. The average Bonchev–Trinajstić information content (AvgIpc) is 3.54. The van der Waals surface area contributed by atoms with Crippen LogP contribution in [0.5, 0.6) is 0 Å². The van der Waals surface area contributed by atoms with Crippen molar-refractivity contribution in [3.8, 4) is 0 Å². The smallest absolute Gasteiger partial charge is 0.322 e. The van der Waals surface area contributed by atoms with Gasteiger partial charge in [-0.1, -0.05) is 19.0 Å². The summed E-state index contributed by atoms with van der Waals surface area (Å²) in [6, 6.07) is 2.12. The van der Waals surface area contributed by atoms with Gasteiger partial charge in [0.15, 0.2) is 5.82 Å². The molecule has 0 radical (unpaired) electrons. The lowest BCUT2D eigenvalue weighted by Crippen LogP contribution is -2.50. The first-order chi connectivity index (χ1) is 18.1. The largest absolute Gasteiger partial charge is 0.347 e. The quantitative estimate of drug-likeness (QED) is 0.498. The van der Waals surface area contributed by atoms with Crippen LogP contribution in [0.25, 0.3) is 5.57 Å². The minimum Gasteiger partial charge on any atom is -0.347 e. The first-order valence-corrected chi connectivity index (χ1v) is 13.0. The van der Waals surface area contributed by atoms with Crippen molar-refractivity contribution < 1.29 is 22.9 Å². The molecule has 0 aliphatic carbocycles. The van der Waals surface area contributed by atoms with Gasteiger partial charge in [-0.25, -0.2) is 8.78 Å². The second-order valence-electron chi connectivity index (χ2n) is 10.3. The molecule has 1 aromatic carbocycles. The van der Waals surface area contributed by atoms with E-state index in [1.807, 2.05) is 25.7 Å². The first kappa shape index (κ1) is 27.4. The predicted molar refractivity (Wildman–Crippen MR) is 139 cm³/mol. The normalized spacial score (nSPS) is 19.1. The van der Waals surface area contributed by atoms with Gasteiger partial charge in [0, 0.05) is 48.5 Å². The summed E-state index contributed by atoms with van der Waals surface area (Å²) in [7, 11) is 0. The van der Waals surface area contributed by atoms with E-state index < -0.39 is 29.6 Å². The molecule has 3 heterocycles. The molecule has 4 rings (SSSR count). The SMILES string of the molecule is CC(C)c1noc(N[C@@H](CC(=O)N2CCCC[C@@H]2C)C(=O)N[C@@H](C)C2=NC=C(c3ccc(F)cc3F)C2)n1. The highest BCUT2D eigenvalue weighted by molar-refractivity contribution is 6.03. The summed E-state index contributed by atoms with van der Waals surface area (Å²) < 4.78 is 32.8. The number of halogens is 2. The Labute approximate surface area is 220 Å². The highest BCUT2D eigenvalue weighted by Crippen LogP contribution is 2.27. The number of nitrogens with zero attached hydrogens (tertiary/aromatic N) is 4. The number of hydrogen-bond acceptors (Lipinski definition) is 7. The number of allylic oxidation sites excluding steroid dienone is 1. The standard InChI is InChI=1S/C27H34F2N6O3/c1-15(2)25-33-27(38-34-25)32-23(13-24(36)35-10-6-5-7-16(35)3)26(37)31-17(4)22-11-18(14-30-22)20-9-8-19(28)12-21(20)29/h8-9,12,14-17,23H,5-7,10-11,13H2,1-4H3,(H,31,37)(H,32,33,34)/t16-,17-,23-/m0/s1. The van der Waals surface area contributed by atoms with Gasteiger partial charge in [0.2, 0.25) is 11.8 Å². The van der Waals surface area contributed by atoms with Gasteiger partial charge in [-0.15, -0.1) is 0 Å². The van der Waals surface area contributed by atoms with E-state index in [9.17, 15) is 18.4 Å². The minimum absolute atomic E-state index is 0.0328. The highest BCUT2D eigenvalue weighted by atomic mass is 19.1. The molecule has 2 N–H and O–H groups in total. The Hall–Kier alpha value is -3.63. The van der Waals surface area contributed by atoms with E-state index in [0.717, 1.165) is 25.3 Å². The summed E-state index contributed by atoms with van der Waals surface area (Å²) in [5.41, 5.74) is 1.48. The Balaban J connectivity index is 1.43. The molecule has 9 nitrogen and oxygen atoms in total. The summed E-state index contributed by atoms with van der Waals surface area (Å²) in [6.45, 7) is 8.29. The molecule has 2 aliphatic rings. The van der Waals surface area contributed by atoms with Crippen molar-refractivity contribution in [3.63, 3.8) is 0 Å². The van der Waals surface area contributed by atoms with Crippen LogP contribution in [0.15, 0.2) is 33.9 Å². The summed E-state index contributed by atoms with van der Waals surface area (Å²) in [5.74, 6) is -1.35. The van der Waals surface area contributed by atoms with Crippen LogP contribution in [0.1, 0.15) is 77.1 Å². The maximum Gasteiger partial charge on any atom is 0.322 e. The average molecular weight is 529 g/mol. The Bertz CT molecular complexity index is 1240. The topological polar surface area (TPSA) is 113 Å². The molecule has 2 aliphatic heterocycles. The van der Waals surface area contributed by atoms with E-state index >= 15 is 0 Å². The van der Waals surface area contributed by atoms with Crippen molar-refractivity contribution in [2.45, 2.75) is 83.8 Å². The number of hydrogen-bond donors (Lipinski definition) is 2. The lowest BCUT2D eigenvalue weighted by Gasteiger charge is -2.34. The van der Waals surface area contributed by atoms with E-state index in [2.05, 4.69) is 25.8 Å². The van der Waals surface area contributed by atoms with Gasteiger partial charge in [0.05, 0.1) is 12.5 Å². The number of likely N-dealkylation sites (tertiary alicyclic amines) is 1. The van der Waals surface area contributed by atoms with Crippen molar-refractivity contribution in [2.24, 2.45) is 4.99 Å². The third-order valence-electron chi connectivity index (χ3n) is 6.97. The number of benzene rings is 1. The zero-order valence-electron chi connectivity index (χ0n) is 22.1. The molecule has 1 aromatic heterocycles. The highest BCUT2D eigenvalue weighted by Gasteiger charge is 2.31. The molecule has 2 aromatic rings. The van der Waals surface area contributed by atoms with Crippen LogP contribution >= 0.6 is 0 Å². The zero-order chi connectivity index (χ0) is 27.4. The lowest BCUT2D eigenvalue weighted by molar-refractivity contribution is -0.136. The molecule has 1 fully saturated rings. The zero-order valence-corrected chi connectivity index (χ0v) is 22.1. The van der Waals surface area contributed by atoms with Gasteiger partial charge in [-0.05, 0) is 50.8 Å². The van der Waals surface area contributed by atoms with Crippen molar-refractivity contribution >= 4 is 29.1 Å². The number of nitrogens with one attached hydrogen (secondary N) is 2. The number of aliphatic imine (C=N–C) groups is 1. The summed E-state index contributed by atoms with van der Waals surface area (Å²) in [6.07, 6.45) is 4.68. The number of anilines is 1. The number of carbonyl (C=O) groups is 2. The van der Waals surface area contributed by atoms with Crippen molar-refractivity contribution in [2.75, 3.05) is 11.9 Å².